The minimum absolute atomic E-state index is 0.0185. The smallest absolute Gasteiger partial charge is 0.244 e. The highest BCUT2D eigenvalue weighted by Crippen LogP contribution is 2.24. The maximum Gasteiger partial charge on any atom is 0.244 e. The van der Waals surface area contributed by atoms with Gasteiger partial charge in [0.05, 0.1) is 12.7 Å². The fourth-order valence-electron chi connectivity index (χ4n) is 2.58. The molecular formula is C17H25N3O3. The molecular weight excluding hydrogens is 294 g/mol. The van der Waals surface area contributed by atoms with E-state index in [1.807, 2.05) is 39.0 Å². The van der Waals surface area contributed by atoms with Crippen LogP contribution in [0.4, 0.5) is 11.4 Å². The zero-order chi connectivity index (χ0) is 16.8. The summed E-state index contributed by atoms with van der Waals surface area (Å²) in [5.74, 6) is -0.146. The lowest BCUT2D eigenvalue weighted by molar-refractivity contribution is -0.123. The van der Waals surface area contributed by atoms with Crippen molar-refractivity contribution < 1.29 is 14.3 Å². The summed E-state index contributed by atoms with van der Waals surface area (Å²) in [4.78, 5) is 24.2. The average Bonchev–Trinajstić information content (AvgIpc) is 2.52. The van der Waals surface area contributed by atoms with Gasteiger partial charge in [0.2, 0.25) is 11.8 Å². The number of ether oxygens (including phenoxy) is 1. The maximum absolute atomic E-state index is 12.4. The summed E-state index contributed by atoms with van der Waals surface area (Å²) in [6.45, 7) is 7.00. The van der Waals surface area contributed by atoms with Crippen molar-refractivity contribution in [2.75, 3.05) is 23.8 Å². The van der Waals surface area contributed by atoms with Gasteiger partial charge < -0.3 is 20.7 Å². The minimum atomic E-state index is -0.374. The van der Waals surface area contributed by atoms with Crippen molar-refractivity contribution >= 4 is 23.2 Å². The highest BCUT2D eigenvalue weighted by Gasteiger charge is 2.28. The van der Waals surface area contributed by atoms with Gasteiger partial charge in [-0.2, -0.15) is 0 Å². The van der Waals surface area contributed by atoms with E-state index in [0.29, 0.717) is 25.3 Å². The summed E-state index contributed by atoms with van der Waals surface area (Å²) in [6.07, 6.45) is 1.11. The molecule has 0 bridgehead atoms. The number of rotatable bonds is 5. The van der Waals surface area contributed by atoms with Crippen LogP contribution < -0.4 is 16.0 Å². The number of hydrogen-bond donors (Lipinski definition) is 3. The Hall–Kier alpha value is -1.92. The molecule has 1 aromatic rings. The van der Waals surface area contributed by atoms with Crippen molar-refractivity contribution in [3.63, 3.8) is 0 Å². The summed E-state index contributed by atoms with van der Waals surface area (Å²) >= 11 is 0. The molecule has 0 saturated carbocycles. The Balaban J connectivity index is 2.07. The topological polar surface area (TPSA) is 79.5 Å². The van der Waals surface area contributed by atoms with Crippen LogP contribution >= 0.6 is 0 Å². The first kappa shape index (κ1) is 17.4. The van der Waals surface area contributed by atoms with Gasteiger partial charge in [0.25, 0.3) is 0 Å². The molecule has 1 saturated heterocycles. The summed E-state index contributed by atoms with van der Waals surface area (Å²) in [5, 5.41) is 8.97. The molecule has 23 heavy (non-hydrogen) atoms. The molecule has 2 atom stereocenters. The van der Waals surface area contributed by atoms with E-state index in [4.69, 9.17) is 4.74 Å². The zero-order valence-corrected chi connectivity index (χ0v) is 13.9. The third-order valence-corrected chi connectivity index (χ3v) is 3.94. The number of amides is 2. The van der Waals surface area contributed by atoms with Crippen molar-refractivity contribution in [1.82, 2.24) is 5.32 Å². The SMILES string of the molecule is CCCC(=O)Nc1cccc(NC(=O)[C@H]2NCCO[C@@H]2C)c1C. The van der Waals surface area contributed by atoms with E-state index < -0.39 is 0 Å². The van der Waals surface area contributed by atoms with E-state index in [1.165, 1.54) is 0 Å². The number of anilines is 2. The molecule has 1 aliphatic heterocycles. The molecule has 1 aromatic carbocycles. The van der Waals surface area contributed by atoms with Gasteiger partial charge >= 0.3 is 0 Å². The van der Waals surface area contributed by atoms with Crippen LogP contribution in [-0.4, -0.2) is 37.1 Å². The molecule has 2 amide bonds. The van der Waals surface area contributed by atoms with Gasteiger partial charge in [-0.05, 0) is 38.0 Å². The third kappa shape index (κ3) is 4.53. The van der Waals surface area contributed by atoms with Gasteiger partial charge in [-0.1, -0.05) is 13.0 Å². The largest absolute Gasteiger partial charge is 0.375 e. The monoisotopic (exact) mass is 319 g/mol. The lowest BCUT2D eigenvalue weighted by Gasteiger charge is -2.29. The van der Waals surface area contributed by atoms with Crippen LogP contribution in [0.15, 0.2) is 18.2 Å². The molecule has 6 heteroatoms. The van der Waals surface area contributed by atoms with E-state index in [9.17, 15) is 9.59 Å². The quantitative estimate of drug-likeness (QED) is 0.776. The molecule has 2 rings (SSSR count). The highest BCUT2D eigenvalue weighted by atomic mass is 16.5. The first-order valence-electron chi connectivity index (χ1n) is 8.08. The fourth-order valence-corrected chi connectivity index (χ4v) is 2.58. The Morgan fingerprint density at radius 2 is 2.00 bits per heavy atom. The van der Waals surface area contributed by atoms with Gasteiger partial charge in [-0.15, -0.1) is 0 Å². The Bertz CT molecular complexity index is 574. The fraction of sp³-hybridized carbons (Fsp3) is 0.529. The van der Waals surface area contributed by atoms with Crippen molar-refractivity contribution in [2.24, 2.45) is 0 Å². The van der Waals surface area contributed by atoms with Crippen molar-refractivity contribution in [2.45, 2.75) is 45.8 Å². The normalized spacial score (nSPS) is 20.8. The van der Waals surface area contributed by atoms with E-state index in [0.717, 1.165) is 17.7 Å². The third-order valence-electron chi connectivity index (χ3n) is 3.94. The number of carbonyl (C=O) groups excluding carboxylic acids is 2. The summed E-state index contributed by atoms with van der Waals surface area (Å²) in [5.41, 5.74) is 2.26. The number of hydrogen-bond acceptors (Lipinski definition) is 4. The highest BCUT2D eigenvalue weighted by molar-refractivity contribution is 5.98. The molecule has 0 aliphatic carbocycles. The molecule has 0 radical (unpaired) electrons. The molecule has 6 nitrogen and oxygen atoms in total. The number of nitrogens with one attached hydrogen (secondary N) is 3. The molecule has 1 aliphatic rings. The number of morpholine rings is 1. The predicted octanol–water partition coefficient (Wildman–Crippen LogP) is 2.05. The molecule has 0 spiro atoms. The lowest BCUT2D eigenvalue weighted by atomic mass is 10.1. The van der Waals surface area contributed by atoms with Gasteiger partial charge in [0.1, 0.15) is 6.04 Å². The van der Waals surface area contributed by atoms with Crippen molar-refractivity contribution in [3.05, 3.63) is 23.8 Å². The van der Waals surface area contributed by atoms with E-state index in [2.05, 4.69) is 16.0 Å². The lowest BCUT2D eigenvalue weighted by Crippen LogP contribution is -2.53. The van der Waals surface area contributed by atoms with E-state index in [1.54, 1.807) is 0 Å². The first-order chi connectivity index (χ1) is 11.0. The van der Waals surface area contributed by atoms with E-state index in [-0.39, 0.29) is 24.0 Å². The zero-order valence-electron chi connectivity index (χ0n) is 13.9. The average molecular weight is 319 g/mol. The van der Waals surface area contributed by atoms with Gasteiger partial charge in [0, 0.05) is 24.3 Å². The molecule has 0 unspecified atom stereocenters. The van der Waals surface area contributed by atoms with Crippen LogP contribution in [0.1, 0.15) is 32.3 Å². The Morgan fingerprint density at radius 1 is 1.30 bits per heavy atom. The second-order valence-corrected chi connectivity index (χ2v) is 5.77. The predicted molar refractivity (Wildman–Crippen MR) is 90.6 cm³/mol. The number of carbonyl (C=O) groups is 2. The van der Waals surface area contributed by atoms with Crippen LogP contribution in [-0.2, 0) is 14.3 Å². The standard InChI is InChI=1S/C17H25N3O3/c1-4-6-15(21)19-13-7-5-8-14(11(13)2)20-17(22)16-12(3)23-10-9-18-16/h5,7-8,12,16,18H,4,6,9-10H2,1-3H3,(H,19,21)(H,20,22)/t12-,16+/m1/s1. The minimum Gasteiger partial charge on any atom is -0.375 e. The molecule has 3 N–H and O–H groups in total. The van der Waals surface area contributed by atoms with Crippen molar-refractivity contribution in [3.8, 4) is 0 Å². The molecule has 126 valence electrons. The summed E-state index contributed by atoms with van der Waals surface area (Å²) < 4.78 is 5.50. The van der Waals surface area contributed by atoms with Crippen LogP contribution in [0, 0.1) is 6.92 Å². The number of benzene rings is 1. The summed E-state index contributed by atoms with van der Waals surface area (Å²) in [6, 6.07) is 5.11. The second-order valence-electron chi connectivity index (χ2n) is 5.77. The van der Waals surface area contributed by atoms with Crippen LogP contribution in [0.2, 0.25) is 0 Å². The van der Waals surface area contributed by atoms with Gasteiger partial charge in [-0.25, -0.2) is 0 Å². The second kappa shape index (κ2) is 8.08. The van der Waals surface area contributed by atoms with E-state index >= 15 is 0 Å². The maximum atomic E-state index is 12.4. The molecule has 1 fully saturated rings. The van der Waals surface area contributed by atoms with Gasteiger partial charge in [0.15, 0.2) is 0 Å². The van der Waals surface area contributed by atoms with Crippen LogP contribution in [0.5, 0.6) is 0 Å². The Labute approximate surface area is 137 Å². The van der Waals surface area contributed by atoms with Crippen LogP contribution in [0.3, 0.4) is 0 Å². The molecule has 0 aromatic heterocycles. The van der Waals surface area contributed by atoms with Crippen LogP contribution in [0.25, 0.3) is 0 Å². The van der Waals surface area contributed by atoms with Crippen molar-refractivity contribution in [1.29, 1.82) is 0 Å². The Morgan fingerprint density at radius 3 is 2.65 bits per heavy atom. The molecule has 1 heterocycles. The van der Waals surface area contributed by atoms with Gasteiger partial charge in [-0.3, -0.25) is 9.59 Å². The first-order valence-corrected chi connectivity index (χ1v) is 8.08. The Kier molecular flexibility index (Phi) is 6.12. The summed E-state index contributed by atoms with van der Waals surface area (Å²) in [7, 11) is 0.